The molecule has 0 atom stereocenters. The lowest BCUT2D eigenvalue weighted by Crippen LogP contribution is -2.32. The molecule has 0 bridgehead atoms. The Morgan fingerprint density at radius 3 is 1.32 bits per heavy atom. The van der Waals surface area contributed by atoms with Gasteiger partial charge in [0, 0.05) is 48.7 Å². The van der Waals surface area contributed by atoms with Crippen molar-refractivity contribution in [3.63, 3.8) is 0 Å². The molecule has 22 heavy (non-hydrogen) atoms. The summed E-state index contributed by atoms with van der Waals surface area (Å²) >= 11 is 0. The third-order valence-electron chi connectivity index (χ3n) is 4.82. The van der Waals surface area contributed by atoms with Crippen LogP contribution in [0.1, 0.15) is 59.2 Å². The van der Waals surface area contributed by atoms with E-state index in [0.29, 0.717) is 11.1 Å². The first-order valence-electron chi connectivity index (χ1n) is 8.42. The normalized spacial score (nSPS) is 19.1. The van der Waals surface area contributed by atoms with E-state index in [1.165, 1.54) is 12.8 Å². The van der Waals surface area contributed by atoms with Crippen molar-refractivity contribution in [1.82, 2.24) is 0 Å². The molecule has 1 aromatic rings. The van der Waals surface area contributed by atoms with Gasteiger partial charge in [-0.1, -0.05) is 0 Å². The molecule has 0 aliphatic carbocycles. The van der Waals surface area contributed by atoms with Gasteiger partial charge in [-0.3, -0.25) is 9.59 Å². The molecule has 0 unspecified atom stereocenters. The fraction of sp³-hybridized carbons (Fsp3) is 0.556. The van der Waals surface area contributed by atoms with Crippen molar-refractivity contribution in [3.8, 4) is 0 Å². The molecule has 0 amide bonds. The molecule has 0 N–H and O–H groups in total. The van der Waals surface area contributed by atoms with E-state index < -0.39 is 0 Å². The van der Waals surface area contributed by atoms with Crippen molar-refractivity contribution >= 4 is 23.9 Å². The summed E-state index contributed by atoms with van der Waals surface area (Å²) in [7, 11) is 0. The van der Waals surface area contributed by atoms with Crippen LogP contribution < -0.4 is 9.80 Å². The van der Waals surface area contributed by atoms with Gasteiger partial charge >= 0.3 is 0 Å². The monoisotopic (exact) mass is 300 g/mol. The lowest BCUT2D eigenvalue weighted by atomic mass is 10.0. The number of aldehydes is 2. The van der Waals surface area contributed by atoms with Crippen LogP contribution in [0, 0.1) is 0 Å². The molecular weight excluding hydrogens is 276 g/mol. The Labute approximate surface area is 132 Å². The zero-order valence-electron chi connectivity index (χ0n) is 13.1. The molecule has 4 nitrogen and oxygen atoms in total. The van der Waals surface area contributed by atoms with E-state index in [1.54, 1.807) is 0 Å². The summed E-state index contributed by atoms with van der Waals surface area (Å²) in [6.07, 6.45) is 8.99. The topological polar surface area (TPSA) is 40.6 Å². The van der Waals surface area contributed by atoms with Crippen LogP contribution >= 0.6 is 0 Å². The van der Waals surface area contributed by atoms with E-state index in [0.717, 1.165) is 75.8 Å². The highest BCUT2D eigenvalue weighted by molar-refractivity contribution is 5.94. The zero-order valence-corrected chi connectivity index (χ0v) is 13.1. The first-order chi connectivity index (χ1) is 10.8. The second-order valence-corrected chi connectivity index (χ2v) is 6.30. The van der Waals surface area contributed by atoms with Gasteiger partial charge < -0.3 is 9.80 Å². The molecule has 4 heteroatoms. The van der Waals surface area contributed by atoms with Crippen molar-refractivity contribution in [1.29, 1.82) is 0 Å². The van der Waals surface area contributed by atoms with E-state index in [2.05, 4.69) is 9.80 Å². The Bertz CT molecular complexity index is 495. The number of rotatable bonds is 4. The summed E-state index contributed by atoms with van der Waals surface area (Å²) in [5.41, 5.74) is 3.29. The first kappa shape index (κ1) is 15.1. The third-order valence-corrected chi connectivity index (χ3v) is 4.82. The zero-order chi connectivity index (χ0) is 15.4. The number of hydrogen-bond acceptors (Lipinski definition) is 4. The number of carbonyl (C=O) groups is 2. The summed E-state index contributed by atoms with van der Waals surface area (Å²) in [6, 6.07) is 3.85. The second kappa shape index (κ2) is 6.95. The van der Waals surface area contributed by atoms with E-state index >= 15 is 0 Å². The molecule has 118 valence electrons. The van der Waals surface area contributed by atoms with Crippen LogP contribution in [0.4, 0.5) is 11.4 Å². The average molecular weight is 300 g/mol. The van der Waals surface area contributed by atoms with Crippen molar-refractivity contribution < 1.29 is 9.59 Å². The predicted octanol–water partition coefficient (Wildman–Crippen LogP) is 3.29. The average Bonchev–Trinajstić information content (AvgIpc) is 2.62. The maximum atomic E-state index is 11.6. The fourth-order valence-electron chi connectivity index (χ4n) is 3.62. The highest BCUT2D eigenvalue weighted by Crippen LogP contribution is 2.32. The van der Waals surface area contributed by atoms with Gasteiger partial charge in [0.25, 0.3) is 0 Å². The number of anilines is 2. The van der Waals surface area contributed by atoms with Crippen molar-refractivity contribution in [3.05, 3.63) is 23.3 Å². The summed E-state index contributed by atoms with van der Waals surface area (Å²) in [6.45, 7) is 3.90. The Morgan fingerprint density at radius 1 is 0.636 bits per heavy atom. The summed E-state index contributed by atoms with van der Waals surface area (Å²) in [5, 5.41) is 0. The van der Waals surface area contributed by atoms with Crippen LogP contribution in [0.3, 0.4) is 0 Å². The highest BCUT2D eigenvalue weighted by Gasteiger charge is 2.20. The minimum absolute atomic E-state index is 0.716. The number of piperidine rings is 2. The molecule has 2 heterocycles. The highest BCUT2D eigenvalue weighted by atomic mass is 16.1. The molecule has 0 aromatic heterocycles. The predicted molar refractivity (Wildman–Crippen MR) is 89.3 cm³/mol. The Kier molecular flexibility index (Phi) is 4.76. The molecule has 2 aliphatic rings. The van der Waals surface area contributed by atoms with Crippen molar-refractivity contribution in [2.75, 3.05) is 36.0 Å². The molecule has 2 aliphatic heterocycles. The molecule has 1 aromatic carbocycles. The molecule has 3 rings (SSSR count). The van der Waals surface area contributed by atoms with Crippen LogP contribution in [0.5, 0.6) is 0 Å². The van der Waals surface area contributed by atoms with Crippen molar-refractivity contribution in [2.24, 2.45) is 0 Å². The van der Waals surface area contributed by atoms with E-state index in [4.69, 9.17) is 0 Å². The quantitative estimate of drug-likeness (QED) is 0.800. The SMILES string of the molecule is O=Cc1cc(N2CCCCC2)c(C=O)cc1N1CCCCC1. The second-order valence-electron chi connectivity index (χ2n) is 6.30. The molecule has 2 saturated heterocycles. The number of hydrogen-bond donors (Lipinski definition) is 0. The molecule has 2 fully saturated rings. The van der Waals surface area contributed by atoms with Crippen LogP contribution in [0.2, 0.25) is 0 Å². The van der Waals surface area contributed by atoms with Gasteiger partial charge in [0.05, 0.1) is 0 Å². The largest absolute Gasteiger partial charge is 0.371 e. The Morgan fingerprint density at radius 2 is 1.00 bits per heavy atom. The van der Waals surface area contributed by atoms with Gasteiger partial charge in [-0.05, 0) is 50.7 Å². The van der Waals surface area contributed by atoms with E-state index in [9.17, 15) is 9.59 Å². The van der Waals surface area contributed by atoms with Gasteiger partial charge in [0.1, 0.15) is 0 Å². The number of nitrogens with zero attached hydrogens (tertiary/aromatic N) is 2. The van der Waals surface area contributed by atoms with Gasteiger partial charge in [-0.2, -0.15) is 0 Å². The summed E-state index contributed by atoms with van der Waals surface area (Å²) < 4.78 is 0. The lowest BCUT2D eigenvalue weighted by Gasteiger charge is -2.33. The maximum absolute atomic E-state index is 11.6. The van der Waals surface area contributed by atoms with Gasteiger partial charge in [-0.25, -0.2) is 0 Å². The van der Waals surface area contributed by atoms with Crippen molar-refractivity contribution in [2.45, 2.75) is 38.5 Å². The minimum atomic E-state index is 0.716. The van der Waals surface area contributed by atoms with Crippen LogP contribution in [0.15, 0.2) is 12.1 Å². The first-order valence-corrected chi connectivity index (χ1v) is 8.42. The van der Waals surface area contributed by atoms with Crippen LogP contribution in [-0.4, -0.2) is 38.8 Å². The van der Waals surface area contributed by atoms with Gasteiger partial charge in [0.2, 0.25) is 0 Å². The summed E-state index contributed by atoms with van der Waals surface area (Å²) in [4.78, 5) is 27.6. The molecule has 0 saturated carbocycles. The number of carbonyl (C=O) groups excluding carboxylic acids is 2. The lowest BCUT2D eigenvalue weighted by molar-refractivity contribution is 0.111. The summed E-state index contributed by atoms with van der Waals surface area (Å²) in [5.74, 6) is 0. The van der Waals surface area contributed by atoms with Gasteiger partial charge in [0.15, 0.2) is 12.6 Å². The van der Waals surface area contributed by atoms with Crippen LogP contribution in [0.25, 0.3) is 0 Å². The van der Waals surface area contributed by atoms with E-state index in [-0.39, 0.29) is 0 Å². The smallest absolute Gasteiger partial charge is 0.152 e. The van der Waals surface area contributed by atoms with Gasteiger partial charge in [-0.15, -0.1) is 0 Å². The molecule has 0 spiro atoms. The minimum Gasteiger partial charge on any atom is -0.371 e. The molecule has 0 radical (unpaired) electrons. The standard InChI is InChI=1S/C18H24N2O2/c21-13-15-12-18(20-9-5-2-6-10-20)16(14-22)11-17(15)19-7-3-1-4-8-19/h11-14H,1-10H2. The Balaban J connectivity index is 1.97. The molecular formula is C18H24N2O2. The van der Waals surface area contributed by atoms with E-state index in [1.807, 2.05) is 12.1 Å². The number of benzene rings is 1. The maximum Gasteiger partial charge on any atom is 0.152 e. The van der Waals surface area contributed by atoms with Crippen LogP contribution in [-0.2, 0) is 0 Å². The fourth-order valence-corrected chi connectivity index (χ4v) is 3.62. The third kappa shape index (κ3) is 3.01. The Hall–Kier alpha value is -1.84.